The molecule has 1 aliphatic heterocycles. The zero-order valence-electron chi connectivity index (χ0n) is 17.8. The van der Waals surface area contributed by atoms with E-state index in [0.717, 1.165) is 24.9 Å². The van der Waals surface area contributed by atoms with Gasteiger partial charge in [-0.15, -0.1) is 0 Å². The third-order valence-electron chi connectivity index (χ3n) is 6.65. The molecule has 5 rings (SSSR count). The van der Waals surface area contributed by atoms with Crippen molar-refractivity contribution in [2.75, 3.05) is 19.3 Å². The monoisotopic (exact) mass is 452 g/mol. The van der Waals surface area contributed by atoms with E-state index in [0.29, 0.717) is 33.7 Å². The van der Waals surface area contributed by atoms with Crippen molar-refractivity contribution in [3.8, 4) is 22.9 Å². The molecule has 1 spiro atoms. The number of nitrogen functional groups attached to an aromatic ring is 1. The number of carbonyl (C=O) groups excluding carboxylic acids is 1. The molecular formula is C23H25ClN6O2. The van der Waals surface area contributed by atoms with E-state index in [9.17, 15) is 4.79 Å². The van der Waals surface area contributed by atoms with Crippen LogP contribution in [0, 0.1) is 0 Å². The molecule has 1 atom stereocenters. The topological polar surface area (TPSA) is 112 Å². The molecule has 8 nitrogen and oxygen atoms in total. The number of likely N-dealkylation sites (tertiary alicyclic amines) is 1. The van der Waals surface area contributed by atoms with Gasteiger partial charge in [-0.05, 0) is 63.1 Å². The van der Waals surface area contributed by atoms with Gasteiger partial charge in [0.2, 0.25) is 5.88 Å². The van der Waals surface area contributed by atoms with Crippen LogP contribution in [0.5, 0.6) is 11.6 Å². The zero-order valence-corrected chi connectivity index (χ0v) is 18.5. The second-order valence-corrected chi connectivity index (χ2v) is 9.09. The molecule has 9 heteroatoms. The minimum absolute atomic E-state index is 0.108. The van der Waals surface area contributed by atoms with Gasteiger partial charge in [0.1, 0.15) is 22.8 Å². The first-order valence-electron chi connectivity index (χ1n) is 10.7. The van der Waals surface area contributed by atoms with Gasteiger partial charge < -0.3 is 16.2 Å². The number of amides is 1. The number of halogens is 1. The highest BCUT2D eigenvalue weighted by molar-refractivity contribution is 6.30. The normalized spacial score (nSPS) is 19.8. The van der Waals surface area contributed by atoms with Crippen molar-refractivity contribution in [2.45, 2.75) is 37.3 Å². The van der Waals surface area contributed by atoms with Gasteiger partial charge in [-0.2, -0.15) is 5.10 Å². The summed E-state index contributed by atoms with van der Waals surface area (Å²) in [5.74, 6) is 0.768. The number of anilines is 1. The molecule has 0 unspecified atom stereocenters. The average molecular weight is 453 g/mol. The highest BCUT2D eigenvalue weighted by Crippen LogP contribution is 2.49. The molecule has 1 saturated carbocycles. The van der Waals surface area contributed by atoms with Crippen LogP contribution in [0.2, 0.25) is 5.02 Å². The number of likely N-dealkylation sites (N-methyl/N-ethyl adjacent to an activating group) is 1. The summed E-state index contributed by atoms with van der Waals surface area (Å²) >= 11 is 5.86. The van der Waals surface area contributed by atoms with Crippen LogP contribution in [0.4, 0.5) is 5.82 Å². The fraction of sp³-hybridized carbons (Fsp3) is 0.348. The number of rotatable bonds is 5. The second kappa shape index (κ2) is 7.79. The van der Waals surface area contributed by atoms with Gasteiger partial charge in [-0.1, -0.05) is 11.6 Å². The predicted molar refractivity (Wildman–Crippen MR) is 123 cm³/mol. The van der Waals surface area contributed by atoms with Gasteiger partial charge >= 0.3 is 0 Å². The van der Waals surface area contributed by atoms with Crippen molar-refractivity contribution >= 4 is 23.3 Å². The lowest BCUT2D eigenvalue weighted by Crippen LogP contribution is -2.43. The minimum Gasteiger partial charge on any atom is -0.439 e. The van der Waals surface area contributed by atoms with Crippen LogP contribution in [0.15, 0.2) is 42.6 Å². The molecule has 1 amide bonds. The smallest absolute Gasteiger partial charge is 0.254 e. The van der Waals surface area contributed by atoms with Crippen molar-refractivity contribution in [3.63, 3.8) is 0 Å². The third kappa shape index (κ3) is 3.69. The van der Waals surface area contributed by atoms with Crippen molar-refractivity contribution in [3.05, 3.63) is 53.2 Å². The van der Waals surface area contributed by atoms with E-state index in [1.807, 2.05) is 12.1 Å². The summed E-state index contributed by atoms with van der Waals surface area (Å²) in [6, 6.07) is 10.7. The summed E-state index contributed by atoms with van der Waals surface area (Å²) in [7, 11) is 2.16. The number of benzene rings is 1. The standard InChI is InChI=1S/C23H25ClN6O2/c1-29-13-16(8-9-23(29)10-11-23)30-21(25)19(22(26)31)20(28-30)14-2-5-17(6-3-14)32-18-7-4-15(24)12-27-18/h2-7,12,16H,8-11,13,25H2,1H3,(H2,26,31)/t16-/m1/s1. The van der Waals surface area contributed by atoms with Gasteiger partial charge in [0.15, 0.2) is 0 Å². The number of aromatic nitrogens is 3. The van der Waals surface area contributed by atoms with Crippen molar-refractivity contribution in [1.29, 1.82) is 0 Å². The summed E-state index contributed by atoms with van der Waals surface area (Å²) in [6.45, 7) is 0.852. The first kappa shape index (κ1) is 20.8. The largest absolute Gasteiger partial charge is 0.439 e. The van der Waals surface area contributed by atoms with Crippen molar-refractivity contribution < 1.29 is 9.53 Å². The maximum atomic E-state index is 12.3. The first-order valence-corrected chi connectivity index (χ1v) is 11.0. The first-order chi connectivity index (χ1) is 15.4. The Hall–Kier alpha value is -3.10. The number of carbonyl (C=O) groups is 1. The summed E-state index contributed by atoms with van der Waals surface area (Å²) < 4.78 is 7.53. The van der Waals surface area contributed by atoms with Gasteiger partial charge in [-0.25, -0.2) is 9.67 Å². The number of nitrogens with two attached hydrogens (primary N) is 2. The van der Waals surface area contributed by atoms with E-state index in [2.05, 4.69) is 16.9 Å². The number of primary amides is 1. The zero-order chi connectivity index (χ0) is 22.5. The Morgan fingerprint density at radius 3 is 2.53 bits per heavy atom. The van der Waals surface area contributed by atoms with Gasteiger partial charge in [-0.3, -0.25) is 9.69 Å². The van der Waals surface area contributed by atoms with E-state index < -0.39 is 5.91 Å². The van der Waals surface area contributed by atoms with E-state index >= 15 is 0 Å². The maximum Gasteiger partial charge on any atom is 0.254 e. The molecule has 3 aromatic rings. The molecule has 1 saturated heterocycles. The van der Waals surface area contributed by atoms with E-state index in [-0.39, 0.29) is 11.6 Å². The molecule has 0 radical (unpaired) electrons. The second-order valence-electron chi connectivity index (χ2n) is 8.66. The molecule has 3 heterocycles. The molecule has 2 fully saturated rings. The summed E-state index contributed by atoms with van der Waals surface area (Å²) in [5.41, 5.74) is 13.9. The number of hydrogen-bond acceptors (Lipinski definition) is 6. The fourth-order valence-electron chi connectivity index (χ4n) is 4.60. The van der Waals surface area contributed by atoms with Crippen LogP contribution >= 0.6 is 11.6 Å². The lowest BCUT2D eigenvalue weighted by molar-refractivity contribution is 0.100. The molecule has 0 bridgehead atoms. The Bertz CT molecular complexity index is 1150. The highest BCUT2D eigenvalue weighted by Gasteiger charge is 2.49. The number of nitrogens with zero attached hydrogens (tertiary/aromatic N) is 4. The molecule has 2 aliphatic rings. The van der Waals surface area contributed by atoms with Gasteiger partial charge in [0.05, 0.1) is 11.1 Å². The summed E-state index contributed by atoms with van der Waals surface area (Å²) in [5, 5.41) is 5.29. The van der Waals surface area contributed by atoms with E-state index in [4.69, 9.17) is 32.9 Å². The minimum atomic E-state index is -0.586. The van der Waals surface area contributed by atoms with Crippen LogP contribution in [-0.4, -0.2) is 44.7 Å². The van der Waals surface area contributed by atoms with E-state index in [1.165, 1.54) is 19.0 Å². The number of pyridine rings is 1. The third-order valence-corrected chi connectivity index (χ3v) is 6.88. The fourth-order valence-corrected chi connectivity index (χ4v) is 4.71. The Morgan fingerprint density at radius 1 is 1.19 bits per heavy atom. The molecule has 1 aromatic carbocycles. The van der Waals surface area contributed by atoms with Crippen LogP contribution in [0.3, 0.4) is 0 Å². The predicted octanol–water partition coefficient (Wildman–Crippen LogP) is 3.87. The summed E-state index contributed by atoms with van der Waals surface area (Å²) in [4.78, 5) is 18.8. The van der Waals surface area contributed by atoms with Crippen molar-refractivity contribution in [1.82, 2.24) is 19.7 Å². The number of ether oxygens (including phenoxy) is 1. The lowest BCUT2D eigenvalue weighted by Gasteiger charge is -2.38. The Balaban J connectivity index is 1.42. The average Bonchev–Trinajstić information content (AvgIpc) is 3.47. The quantitative estimate of drug-likeness (QED) is 0.607. The van der Waals surface area contributed by atoms with Crippen LogP contribution < -0.4 is 16.2 Å². The van der Waals surface area contributed by atoms with Crippen LogP contribution in [0.1, 0.15) is 42.1 Å². The van der Waals surface area contributed by atoms with Crippen LogP contribution in [-0.2, 0) is 0 Å². The van der Waals surface area contributed by atoms with Crippen molar-refractivity contribution in [2.24, 2.45) is 5.73 Å². The molecule has 4 N–H and O–H groups in total. The molecule has 1 aliphatic carbocycles. The number of hydrogen-bond donors (Lipinski definition) is 2. The Kier molecular flexibility index (Phi) is 5.06. The Morgan fingerprint density at radius 2 is 1.94 bits per heavy atom. The SMILES string of the molecule is CN1C[C@H](n2nc(-c3ccc(Oc4ccc(Cl)cn4)cc3)c(C(N)=O)c2N)CCC12CC2. The van der Waals surface area contributed by atoms with Crippen LogP contribution in [0.25, 0.3) is 11.3 Å². The highest BCUT2D eigenvalue weighted by atomic mass is 35.5. The lowest BCUT2D eigenvalue weighted by atomic mass is 9.97. The number of piperidine rings is 1. The molecule has 166 valence electrons. The molecule has 32 heavy (non-hydrogen) atoms. The Labute approximate surface area is 191 Å². The maximum absolute atomic E-state index is 12.3. The molecule has 2 aromatic heterocycles. The van der Waals surface area contributed by atoms with Gasteiger partial charge in [0, 0.05) is 29.9 Å². The summed E-state index contributed by atoms with van der Waals surface area (Å²) in [6.07, 6.45) is 6.12. The van der Waals surface area contributed by atoms with Gasteiger partial charge in [0.25, 0.3) is 5.91 Å². The molecular weight excluding hydrogens is 428 g/mol. The van der Waals surface area contributed by atoms with E-state index in [1.54, 1.807) is 28.9 Å².